The van der Waals surface area contributed by atoms with E-state index in [1.807, 2.05) is 24.3 Å². The Morgan fingerprint density at radius 2 is 2.04 bits per heavy atom. The average Bonchev–Trinajstić information content (AvgIpc) is 2.60. The van der Waals surface area contributed by atoms with Crippen molar-refractivity contribution >= 4 is 18.0 Å². The van der Waals surface area contributed by atoms with Crippen LogP contribution in [0.5, 0.6) is 5.75 Å². The molecule has 1 aromatic carbocycles. The number of rotatable bonds is 5. The highest BCUT2D eigenvalue weighted by atomic mass is 16.5. The van der Waals surface area contributed by atoms with Crippen molar-refractivity contribution in [3.8, 4) is 5.75 Å². The standard InChI is InChI=1S/C18H23NO4/c1-3-23-18(21)15-5-4-12-19(13-15)17(20)11-8-14-6-9-16(22-2)10-7-14/h6-11,15H,3-5,12-13H2,1-2H3/b11-8+/t15-/m0/s1. The largest absolute Gasteiger partial charge is 0.497 e. The number of ether oxygens (including phenoxy) is 2. The van der Waals surface area contributed by atoms with Gasteiger partial charge in [0.25, 0.3) is 0 Å². The molecule has 1 saturated heterocycles. The first-order chi connectivity index (χ1) is 11.1. The van der Waals surface area contributed by atoms with Crippen LogP contribution in [0.3, 0.4) is 0 Å². The predicted molar refractivity (Wildman–Crippen MR) is 88.0 cm³/mol. The van der Waals surface area contributed by atoms with E-state index >= 15 is 0 Å². The molecule has 0 bridgehead atoms. The van der Waals surface area contributed by atoms with Crippen LogP contribution in [0.1, 0.15) is 25.3 Å². The molecule has 23 heavy (non-hydrogen) atoms. The van der Waals surface area contributed by atoms with Gasteiger partial charge in [-0.15, -0.1) is 0 Å². The number of likely N-dealkylation sites (tertiary alicyclic amines) is 1. The van der Waals surface area contributed by atoms with E-state index in [0.717, 1.165) is 24.2 Å². The minimum absolute atomic E-state index is 0.0742. The van der Waals surface area contributed by atoms with Crippen LogP contribution in [0.15, 0.2) is 30.3 Å². The summed E-state index contributed by atoms with van der Waals surface area (Å²) < 4.78 is 10.2. The Morgan fingerprint density at radius 1 is 1.30 bits per heavy atom. The first-order valence-electron chi connectivity index (χ1n) is 7.91. The van der Waals surface area contributed by atoms with E-state index in [-0.39, 0.29) is 17.8 Å². The highest BCUT2D eigenvalue weighted by Crippen LogP contribution is 2.19. The Bertz CT molecular complexity index is 565. The van der Waals surface area contributed by atoms with E-state index in [0.29, 0.717) is 19.7 Å². The maximum atomic E-state index is 12.3. The normalized spacial score (nSPS) is 18.0. The van der Waals surface area contributed by atoms with Gasteiger partial charge in [0.05, 0.1) is 19.6 Å². The van der Waals surface area contributed by atoms with Crippen LogP contribution in [0.4, 0.5) is 0 Å². The fraction of sp³-hybridized carbons (Fsp3) is 0.444. The van der Waals surface area contributed by atoms with Gasteiger partial charge in [-0.05, 0) is 43.5 Å². The lowest BCUT2D eigenvalue weighted by atomic mass is 9.98. The van der Waals surface area contributed by atoms with E-state index < -0.39 is 0 Å². The number of esters is 1. The lowest BCUT2D eigenvalue weighted by Gasteiger charge is -2.30. The van der Waals surface area contributed by atoms with Crippen LogP contribution in [0.2, 0.25) is 0 Å². The molecule has 0 saturated carbocycles. The molecule has 1 heterocycles. The zero-order valence-electron chi connectivity index (χ0n) is 13.7. The number of carbonyl (C=O) groups is 2. The number of nitrogens with zero attached hydrogens (tertiary/aromatic N) is 1. The second-order valence-electron chi connectivity index (χ2n) is 5.48. The smallest absolute Gasteiger partial charge is 0.310 e. The molecule has 5 nitrogen and oxygen atoms in total. The summed E-state index contributed by atoms with van der Waals surface area (Å²) in [6, 6.07) is 7.48. The fourth-order valence-corrected chi connectivity index (χ4v) is 2.62. The average molecular weight is 317 g/mol. The highest BCUT2D eigenvalue weighted by molar-refractivity contribution is 5.92. The number of benzene rings is 1. The van der Waals surface area contributed by atoms with E-state index in [2.05, 4.69) is 0 Å². The second kappa shape index (κ2) is 8.36. The Kier molecular flexibility index (Phi) is 6.20. The first kappa shape index (κ1) is 17.1. The lowest BCUT2D eigenvalue weighted by molar-refractivity contribution is -0.150. The summed E-state index contributed by atoms with van der Waals surface area (Å²) in [6.07, 6.45) is 4.93. The van der Waals surface area contributed by atoms with Crippen molar-refractivity contribution in [3.05, 3.63) is 35.9 Å². The van der Waals surface area contributed by atoms with Crippen LogP contribution in [0, 0.1) is 5.92 Å². The summed E-state index contributed by atoms with van der Waals surface area (Å²) in [4.78, 5) is 25.8. The van der Waals surface area contributed by atoms with Gasteiger partial charge < -0.3 is 14.4 Å². The van der Waals surface area contributed by atoms with Crippen LogP contribution >= 0.6 is 0 Å². The molecular weight excluding hydrogens is 294 g/mol. The van der Waals surface area contributed by atoms with E-state index in [9.17, 15) is 9.59 Å². The third kappa shape index (κ3) is 4.84. The molecule has 1 aliphatic heterocycles. The number of hydrogen-bond acceptors (Lipinski definition) is 4. The molecule has 1 aliphatic rings. The molecule has 0 unspecified atom stereocenters. The van der Waals surface area contributed by atoms with Crippen molar-refractivity contribution in [3.63, 3.8) is 0 Å². The molecule has 5 heteroatoms. The SMILES string of the molecule is CCOC(=O)[C@H]1CCCN(C(=O)/C=C/c2ccc(OC)cc2)C1. The third-order valence-corrected chi connectivity index (χ3v) is 3.89. The summed E-state index contributed by atoms with van der Waals surface area (Å²) in [5, 5.41) is 0. The van der Waals surface area contributed by atoms with E-state index in [1.54, 1.807) is 31.1 Å². The number of amides is 1. The molecule has 124 valence electrons. The number of methoxy groups -OCH3 is 1. The molecule has 0 aliphatic carbocycles. The van der Waals surface area contributed by atoms with Crippen molar-refractivity contribution in [2.45, 2.75) is 19.8 Å². The molecule has 1 aromatic rings. The van der Waals surface area contributed by atoms with Gasteiger partial charge in [-0.1, -0.05) is 12.1 Å². The van der Waals surface area contributed by atoms with Crippen molar-refractivity contribution in [2.24, 2.45) is 5.92 Å². The van der Waals surface area contributed by atoms with Gasteiger partial charge in [0.2, 0.25) is 5.91 Å². The van der Waals surface area contributed by atoms with Gasteiger partial charge in [0.15, 0.2) is 0 Å². The number of hydrogen-bond donors (Lipinski definition) is 0. The summed E-state index contributed by atoms with van der Waals surface area (Å²) in [5.41, 5.74) is 0.929. The minimum atomic E-state index is -0.206. The molecule has 0 radical (unpaired) electrons. The third-order valence-electron chi connectivity index (χ3n) is 3.89. The van der Waals surface area contributed by atoms with Crippen LogP contribution in [0.25, 0.3) is 6.08 Å². The molecule has 0 spiro atoms. The number of carbonyl (C=O) groups excluding carboxylic acids is 2. The molecule has 0 N–H and O–H groups in total. The van der Waals surface area contributed by atoms with Gasteiger partial charge in [-0.3, -0.25) is 9.59 Å². The fourth-order valence-electron chi connectivity index (χ4n) is 2.62. The zero-order chi connectivity index (χ0) is 16.7. The summed E-state index contributed by atoms with van der Waals surface area (Å²) in [7, 11) is 1.62. The lowest BCUT2D eigenvalue weighted by Crippen LogP contribution is -2.42. The topological polar surface area (TPSA) is 55.8 Å². The molecule has 1 amide bonds. The van der Waals surface area contributed by atoms with Crippen LogP contribution < -0.4 is 4.74 Å². The zero-order valence-corrected chi connectivity index (χ0v) is 13.7. The Labute approximate surface area is 136 Å². The molecule has 1 atom stereocenters. The molecular formula is C18H23NO4. The van der Waals surface area contributed by atoms with Crippen molar-refractivity contribution < 1.29 is 19.1 Å². The van der Waals surface area contributed by atoms with Gasteiger partial charge in [-0.2, -0.15) is 0 Å². The van der Waals surface area contributed by atoms with E-state index in [4.69, 9.17) is 9.47 Å². The van der Waals surface area contributed by atoms with Gasteiger partial charge >= 0.3 is 5.97 Å². The van der Waals surface area contributed by atoms with Gasteiger partial charge in [-0.25, -0.2) is 0 Å². The molecule has 1 fully saturated rings. The van der Waals surface area contributed by atoms with Crippen molar-refractivity contribution in [1.82, 2.24) is 4.90 Å². The van der Waals surface area contributed by atoms with Gasteiger partial charge in [0, 0.05) is 19.2 Å². The number of piperidine rings is 1. The van der Waals surface area contributed by atoms with Crippen LogP contribution in [-0.4, -0.2) is 43.6 Å². The van der Waals surface area contributed by atoms with Crippen molar-refractivity contribution in [2.75, 3.05) is 26.8 Å². The second-order valence-corrected chi connectivity index (χ2v) is 5.48. The highest BCUT2D eigenvalue weighted by Gasteiger charge is 2.28. The maximum absolute atomic E-state index is 12.3. The monoisotopic (exact) mass is 317 g/mol. The Morgan fingerprint density at radius 3 is 2.70 bits per heavy atom. The molecule has 2 rings (SSSR count). The Balaban J connectivity index is 1.93. The van der Waals surface area contributed by atoms with Gasteiger partial charge in [0.1, 0.15) is 5.75 Å². The molecule has 0 aromatic heterocycles. The van der Waals surface area contributed by atoms with E-state index in [1.165, 1.54) is 0 Å². The quantitative estimate of drug-likeness (QED) is 0.618. The minimum Gasteiger partial charge on any atom is -0.497 e. The summed E-state index contributed by atoms with van der Waals surface area (Å²) in [6.45, 7) is 3.29. The van der Waals surface area contributed by atoms with Crippen LogP contribution in [-0.2, 0) is 14.3 Å². The summed E-state index contributed by atoms with van der Waals surface area (Å²) in [5.74, 6) is 0.294. The summed E-state index contributed by atoms with van der Waals surface area (Å²) >= 11 is 0. The van der Waals surface area contributed by atoms with Crippen molar-refractivity contribution in [1.29, 1.82) is 0 Å². The maximum Gasteiger partial charge on any atom is 0.310 e. The first-order valence-corrected chi connectivity index (χ1v) is 7.91. The Hall–Kier alpha value is -2.30. The predicted octanol–water partition coefficient (Wildman–Crippen LogP) is 2.51.